The smallest absolute Gasteiger partial charge is 0.124 e. The SMILES string of the molecule is Cc1ccc(OCc2cc(Cl)ccc2Cl)c(CN)c1. The van der Waals surface area contributed by atoms with Crippen molar-refractivity contribution >= 4 is 23.2 Å². The Labute approximate surface area is 123 Å². The summed E-state index contributed by atoms with van der Waals surface area (Å²) in [7, 11) is 0. The average molecular weight is 296 g/mol. The second-order valence-corrected chi connectivity index (χ2v) is 5.18. The minimum Gasteiger partial charge on any atom is -0.489 e. The Hall–Kier alpha value is -1.22. The first kappa shape index (κ1) is 14.2. The van der Waals surface area contributed by atoms with Gasteiger partial charge >= 0.3 is 0 Å². The van der Waals surface area contributed by atoms with Crippen molar-refractivity contribution in [2.45, 2.75) is 20.1 Å². The second-order valence-electron chi connectivity index (χ2n) is 4.34. The van der Waals surface area contributed by atoms with E-state index in [1.54, 1.807) is 18.2 Å². The fourth-order valence-corrected chi connectivity index (χ4v) is 2.18. The third-order valence-electron chi connectivity index (χ3n) is 2.83. The molecule has 0 aromatic heterocycles. The fraction of sp³-hybridized carbons (Fsp3) is 0.200. The molecule has 0 spiro atoms. The van der Waals surface area contributed by atoms with Crippen LogP contribution < -0.4 is 10.5 Å². The molecule has 0 unspecified atom stereocenters. The molecule has 2 N–H and O–H groups in total. The topological polar surface area (TPSA) is 35.2 Å². The molecule has 0 amide bonds. The van der Waals surface area contributed by atoms with Gasteiger partial charge < -0.3 is 10.5 Å². The highest BCUT2D eigenvalue weighted by Gasteiger charge is 2.06. The van der Waals surface area contributed by atoms with Crippen LogP contribution in [0, 0.1) is 6.92 Å². The monoisotopic (exact) mass is 295 g/mol. The Kier molecular flexibility index (Phi) is 4.70. The normalized spacial score (nSPS) is 10.5. The molecule has 0 aliphatic rings. The van der Waals surface area contributed by atoms with Gasteiger partial charge in [0.2, 0.25) is 0 Å². The molecule has 0 atom stereocenters. The first-order valence-corrected chi connectivity index (χ1v) is 6.72. The molecule has 0 radical (unpaired) electrons. The number of halogens is 2. The van der Waals surface area contributed by atoms with E-state index in [1.807, 2.05) is 25.1 Å². The maximum absolute atomic E-state index is 6.10. The molecule has 0 bridgehead atoms. The van der Waals surface area contributed by atoms with Crippen molar-refractivity contribution in [1.29, 1.82) is 0 Å². The number of ether oxygens (including phenoxy) is 1. The van der Waals surface area contributed by atoms with E-state index in [2.05, 4.69) is 0 Å². The lowest BCUT2D eigenvalue weighted by molar-refractivity contribution is 0.303. The maximum Gasteiger partial charge on any atom is 0.124 e. The van der Waals surface area contributed by atoms with E-state index >= 15 is 0 Å². The van der Waals surface area contributed by atoms with Gasteiger partial charge in [0, 0.05) is 27.7 Å². The van der Waals surface area contributed by atoms with Crippen LogP contribution in [-0.2, 0) is 13.2 Å². The molecule has 0 fully saturated rings. The zero-order valence-electron chi connectivity index (χ0n) is 10.6. The summed E-state index contributed by atoms with van der Waals surface area (Å²) in [5.41, 5.74) is 8.72. The highest BCUT2D eigenvalue weighted by molar-refractivity contribution is 6.33. The molecule has 0 aliphatic carbocycles. The molecule has 0 heterocycles. The number of aryl methyl sites for hydroxylation is 1. The lowest BCUT2D eigenvalue weighted by Crippen LogP contribution is -2.03. The average Bonchev–Trinajstić information content (AvgIpc) is 2.40. The highest BCUT2D eigenvalue weighted by atomic mass is 35.5. The third-order valence-corrected chi connectivity index (χ3v) is 3.43. The zero-order chi connectivity index (χ0) is 13.8. The van der Waals surface area contributed by atoms with Crippen LogP contribution in [-0.4, -0.2) is 0 Å². The van der Waals surface area contributed by atoms with Crippen molar-refractivity contribution in [1.82, 2.24) is 0 Å². The molecule has 2 rings (SSSR count). The Morgan fingerprint density at radius 1 is 1.05 bits per heavy atom. The van der Waals surface area contributed by atoms with Crippen LogP contribution in [0.25, 0.3) is 0 Å². The van der Waals surface area contributed by atoms with Crippen molar-refractivity contribution in [3.8, 4) is 5.75 Å². The minimum absolute atomic E-state index is 0.370. The first-order chi connectivity index (χ1) is 9.10. The number of nitrogens with two attached hydrogens (primary N) is 1. The van der Waals surface area contributed by atoms with E-state index in [0.29, 0.717) is 23.2 Å². The Balaban J connectivity index is 2.16. The van der Waals surface area contributed by atoms with Crippen LogP contribution in [0.2, 0.25) is 10.0 Å². The highest BCUT2D eigenvalue weighted by Crippen LogP contribution is 2.24. The van der Waals surface area contributed by atoms with Crippen LogP contribution in [0.5, 0.6) is 5.75 Å². The maximum atomic E-state index is 6.10. The van der Waals surface area contributed by atoms with E-state index in [9.17, 15) is 0 Å². The van der Waals surface area contributed by atoms with E-state index in [1.165, 1.54) is 0 Å². The Bertz CT molecular complexity index is 584. The largest absolute Gasteiger partial charge is 0.489 e. The van der Waals surface area contributed by atoms with Gasteiger partial charge in [0.1, 0.15) is 12.4 Å². The van der Waals surface area contributed by atoms with Gasteiger partial charge in [-0.3, -0.25) is 0 Å². The molecule has 4 heteroatoms. The fourth-order valence-electron chi connectivity index (χ4n) is 1.82. The quantitative estimate of drug-likeness (QED) is 0.911. The third kappa shape index (κ3) is 3.63. The second kappa shape index (κ2) is 6.29. The molecule has 2 nitrogen and oxygen atoms in total. The summed E-state index contributed by atoms with van der Waals surface area (Å²) in [5, 5.41) is 1.29. The molecular weight excluding hydrogens is 281 g/mol. The van der Waals surface area contributed by atoms with Crippen LogP contribution >= 0.6 is 23.2 Å². The summed E-state index contributed by atoms with van der Waals surface area (Å²) >= 11 is 12.0. The van der Waals surface area contributed by atoms with Crippen molar-refractivity contribution in [2.75, 3.05) is 0 Å². The summed E-state index contributed by atoms with van der Waals surface area (Å²) in [6, 6.07) is 11.3. The van der Waals surface area contributed by atoms with Crippen LogP contribution in [0.3, 0.4) is 0 Å². The summed E-state index contributed by atoms with van der Waals surface area (Å²) in [6.07, 6.45) is 0. The van der Waals surface area contributed by atoms with Crippen molar-refractivity contribution in [2.24, 2.45) is 5.73 Å². The van der Waals surface area contributed by atoms with Gasteiger partial charge in [-0.25, -0.2) is 0 Å². The molecule has 19 heavy (non-hydrogen) atoms. The van der Waals surface area contributed by atoms with Gasteiger partial charge in [-0.2, -0.15) is 0 Å². The molecule has 2 aromatic carbocycles. The molecule has 0 saturated heterocycles. The van der Waals surface area contributed by atoms with Gasteiger partial charge in [-0.05, 0) is 31.2 Å². The van der Waals surface area contributed by atoms with Crippen molar-refractivity contribution < 1.29 is 4.74 Å². The van der Waals surface area contributed by atoms with Crippen molar-refractivity contribution in [3.05, 3.63) is 63.1 Å². The zero-order valence-corrected chi connectivity index (χ0v) is 12.1. The Morgan fingerprint density at radius 2 is 1.84 bits per heavy atom. The van der Waals surface area contributed by atoms with Gasteiger partial charge in [0.15, 0.2) is 0 Å². The van der Waals surface area contributed by atoms with Crippen LogP contribution in [0.15, 0.2) is 36.4 Å². The summed E-state index contributed by atoms with van der Waals surface area (Å²) in [5.74, 6) is 0.782. The molecule has 2 aromatic rings. The number of hydrogen-bond donors (Lipinski definition) is 1. The summed E-state index contributed by atoms with van der Waals surface area (Å²) in [4.78, 5) is 0. The number of rotatable bonds is 4. The summed E-state index contributed by atoms with van der Waals surface area (Å²) in [6.45, 7) is 2.84. The standard InChI is InChI=1S/C15H15Cl2NO/c1-10-2-5-15(11(6-10)8-18)19-9-12-7-13(16)3-4-14(12)17/h2-7H,8-9,18H2,1H3. The molecular formula is C15H15Cl2NO. The molecule has 100 valence electrons. The van der Waals surface area contributed by atoms with Crippen molar-refractivity contribution in [3.63, 3.8) is 0 Å². The van der Waals surface area contributed by atoms with Gasteiger partial charge in [-0.15, -0.1) is 0 Å². The molecule has 0 saturated carbocycles. The van der Waals surface area contributed by atoms with E-state index in [4.69, 9.17) is 33.7 Å². The number of benzene rings is 2. The van der Waals surface area contributed by atoms with E-state index < -0.39 is 0 Å². The van der Waals surface area contributed by atoms with Gasteiger partial charge in [-0.1, -0.05) is 40.9 Å². The predicted molar refractivity (Wildman–Crippen MR) is 79.9 cm³/mol. The predicted octanol–water partition coefficient (Wildman–Crippen LogP) is 4.34. The minimum atomic E-state index is 0.370. The first-order valence-electron chi connectivity index (χ1n) is 5.96. The van der Waals surface area contributed by atoms with Crippen LogP contribution in [0.4, 0.5) is 0 Å². The van der Waals surface area contributed by atoms with Crippen LogP contribution in [0.1, 0.15) is 16.7 Å². The van der Waals surface area contributed by atoms with E-state index in [0.717, 1.165) is 22.4 Å². The Morgan fingerprint density at radius 3 is 2.58 bits per heavy atom. The van der Waals surface area contributed by atoms with E-state index in [-0.39, 0.29) is 0 Å². The summed E-state index contributed by atoms with van der Waals surface area (Å²) < 4.78 is 5.78. The number of hydrogen-bond acceptors (Lipinski definition) is 2. The lowest BCUT2D eigenvalue weighted by Gasteiger charge is -2.12. The van der Waals surface area contributed by atoms with Gasteiger partial charge in [0.25, 0.3) is 0 Å². The van der Waals surface area contributed by atoms with Gasteiger partial charge in [0.05, 0.1) is 0 Å². The molecule has 0 aliphatic heterocycles. The lowest BCUT2D eigenvalue weighted by atomic mass is 10.1.